The number of halogens is 1. The van der Waals surface area contributed by atoms with Crippen LogP contribution in [-0.2, 0) is 4.79 Å². The van der Waals surface area contributed by atoms with Gasteiger partial charge in [0.05, 0.1) is 19.4 Å². The molecule has 0 bridgehead atoms. The van der Waals surface area contributed by atoms with Gasteiger partial charge in [-0.1, -0.05) is 18.5 Å². The van der Waals surface area contributed by atoms with E-state index in [4.69, 9.17) is 21.1 Å². The van der Waals surface area contributed by atoms with Crippen molar-refractivity contribution >= 4 is 23.2 Å². The van der Waals surface area contributed by atoms with Crippen molar-refractivity contribution in [2.24, 2.45) is 0 Å². The molecule has 1 aromatic carbocycles. The number of benzene rings is 1. The van der Waals surface area contributed by atoms with Crippen LogP contribution in [0.5, 0.6) is 11.5 Å². The topological polar surface area (TPSA) is 69.6 Å². The van der Waals surface area contributed by atoms with Crippen LogP contribution < -0.4 is 20.3 Å². The first-order valence-corrected chi connectivity index (χ1v) is 8.34. The van der Waals surface area contributed by atoms with Crippen molar-refractivity contribution in [3.8, 4) is 11.5 Å². The first-order valence-electron chi connectivity index (χ1n) is 7.96. The van der Waals surface area contributed by atoms with E-state index < -0.39 is 6.04 Å². The summed E-state index contributed by atoms with van der Waals surface area (Å²) in [5.74, 6) is 0.344. The Morgan fingerprint density at radius 3 is 2.76 bits per heavy atom. The number of amides is 1. The zero-order chi connectivity index (χ0) is 18.4. The van der Waals surface area contributed by atoms with E-state index in [1.807, 2.05) is 6.92 Å². The summed E-state index contributed by atoms with van der Waals surface area (Å²) >= 11 is 5.97. The first kappa shape index (κ1) is 18.9. The van der Waals surface area contributed by atoms with Crippen molar-refractivity contribution in [1.82, 2.24) is 4.57 Å². The highest BCUT2D eigenvalue weighted by atomic mass is 35.5. The van der Waals surface area contributed by atoms with E-state index in [9.17, 15) is 9.59 Å². The van der Waals surface area contributed by atoms with Gasteiger partial charge in [0.15, 0.2) is 5.75 Å². The number of aromatic nitrogens is 1. The Bertz CT molecular complexity index is 804. The number of rotatable bonds is 7. The summed E-state index contributed by atoms with van der Waals surface area (Å²) in [5, 5.41) is 3.21. The number of methoxy groups -OCH3 is 1. The fraction of sp³-hybridized carbons (Fsp3) is 0.333. The normalized spacial score (nSPS) is 11.7. The van der Waals surface area contributed by atoms with Gasteiger partial charge in [0.2, 0.25) is 5.91 Å². The van der Waals surface area contributed by atoms with E-state index in [0.29, 0.717) is 23.1 Å². The second-order valence-electron chi connectivity index (χ2n) is 5.44. The Morgan fingerprint density at radius 1 is 1.32 bits per heavy atom. The predicted octanol–water partition coefficient (Wildman–Crippen LogP) is 3.50. The van der Waals surface area contributed by atoms with E-state index in [0.717, 1.165) is 6.42 Å². The lowest BCUT2D eigenvalue weighted by atomic mass is 10.2. The summed E-state index contributed by atoms with van der Waals surface area (Å²) in [6.07, 6.45) is 2.35. The monoisotopic (exact) mass is 364 g/mol. The average Bonchev–Trinajstić information content (AvgIpc) is 2.60. The van der Waals surface area contributed by atoms with Crippen LogP contribution in [0.4, 0.5) is 5.69 Å². The van der Waals surface area contributed by atoms with Gasteiger partial charge in [-0.25, -0.2) is 0 Å². The van der Waals surface area contributed by atoms with Gasteiger partial charge in [-0.05, 0) is 43.7 Å². The Kier molecular flexibility index (Phi) is 6.47. The second kappa shape index (κ2) is 8.58. The highest BCUT2D eigenvalue weighted by Gasteiger charge is 2.19. The van der Waals surface area contributed by atoms with Crippen molar-refractivity contribution < 1.29 is 14.3 Å². The maximum absolute atomic E-state index is 12.6. The number of pyridine rings is 1. The minimum absolute atomic E-state index is 0.226. The van der Waals surface area contributed by atoms with Gasteiger partial charge in [-0.3, -0.25) is 9.59 Å². The van der Waals surface area contributed by atoms with Crippen molar-refractivity contribution in [2.75, 3.05) is 19.0 Å². The lowest BCUT2D eigenvalue weighted by Crippen LogP contribution is -2.31. The molecule has 0 spiro atoms. The molecule has 7 heteroatoms. The molecule has 0 radical (unpaired) electrons. The van der Waals surface area contributed by atoms with Gasteiger partial charge in [0.1, 0.15) is 11.8 Å². The third kappa shape index (κ3) is 4.54. The molecule has 0 aliphatic rings. The molecule has 1 aromatic heterocycles. The molecule has 1 heterocycles. The lowest BCUT2D eigenvalue weighted by molar-refractivity contribution is -0.118. The standard InChI is InChI=1S/C18H21ClN2O4/c1-4-10-25-16-6-5-9-21(18(16)23)12(2)17(22)20-14-11-13(19)7-8-15(14)24-3/h5-9,11-12H,4,10H2,1-3H3,(H,20,22). The number of ether oxygens (including phenoxy) is 2. The van der Waals surface area contributed by atoms with Crippen molar-refractivity contribution in [2.45, 2.75) is 26.3 Å². The molecule has 1 atom stereocenters. The van der Waals surface area contributed by atoms with Gasteiger partial charge < -0.3 is 19.4 Å². The summed E-state index contributed by atoms with van der Waals surface area (Å²) < 4.78 is 12.0. The maximum atomic E-state index is 12.6. The SMILES string of the molecule is CCCOc1cccn(C(C)C(=O)Nc2cc(Cl)ccc2OC)c1=O. The van der Waals surface area contributed by atoms with E-state index in [1.165, 1.54) is 11.7 Å². The molecule has 1 N–H and O–H groups in total. The van der Waals surface area contributed by atoms with Crippen molar-refractivity contribution in [1.29, 1.82) is 0 Å². The molecule has 0 saturated carbocycles. The molecular weight excluding hydrogens is 344 g/mol. The number of nitrogens with zero attached hydrogens (tertiary/aromatic N) is 1. The highest BCUT2D eigenvalue weighted by molar-refractivity contribution is 6.31. The molecule has 0 aliphatic carbocycles. The van der Waals surface area contributed by atoms with Crippen molar-refractivity contribution in [3.05, 3.63) is 51.9 Å². The largest absolute Gasteiger partial charge is 0.495 e. The number of carbonyl (C=O) groups excluding carboxylic acids is 1. The summed E-state index contributed by atoms with van der Waals surface area (Å²) in [5.41, 5.74) is 0.0925. The second-order valence-corrected chi connectivity index (χ2v) is 5.88. The van der Waals surface area contributed by atoms with E-state index in [1.54, 1.807) is 43.5 Å². The minimum atomic E-state index is -0.735. The fourth-order valence-corrected chi connectivity index (χ4v) is 2.43. The first-order chi connectivity index (χ1) is 12.0. The smallest absolute Gasteiger partial charge is 0.293 e. The zero-order valence-corrected chi connectivity index (χ0v) is 15.2. The summed E-state index contributed by atoms with van der Waals surface area (Å²) in [6, 6.07) is 7.46. The number of hydrogen-bond acceptors (Lipinski definition) is 4. The summed E-state index contributed by atoms with van der Waals surface area (Å²) in [7, 11) is 1.50. The Hall–Kier alpha value is -2.47. The molecule has 25 heavy (non-hydrogen) atoms. The van der Waals surface area contributed by atoms with Crippen LogP contribution in [0.15, 0.2) is 41.3 Å². The molecule has 6 nitrogen and oxygen atoms in total. The zero-order valence-electron chi connectivity index (χ0n) is 14.4. The molecule has 1 amide bonds. The summed E-state index contributed by atoms with van der Waals surface area (Å²) in [6.45, 7) is 4.03. The summed E-state index contributed by atoms with van der Waals surface area (Å²) in [4.78, 5) is 25.0. The van der Waals surface area contributed by atoms with Crippen LogP contribution in [0.25, 0.3) is 0 Å². The number of nitrogens with one attached hydrogen (secondary N) is 1. The third-order valence-corrected chi connectivity index (χ3v) is 3.85. The number of hydrogen-bond donors (Lipinski definition) is 1. The molecule has 0 saturated heterocycles. The van der Waals surface area contributed by atoms with Crippen LogP contribution in [0.3, 0.4) is 0 Å². The maximum Gasteiger partial charge on any atom is 0.293 e. The molecular formula is C18H21ClN2O4. The Morgan fingerprint density at radius 2 is 2.08 bits per heavy atom. The van der Waals surface area contributed by atoms with Gasteiger partial charge in [-0.2, -0.15) is 0 Å². The van der Waals surface area contributed by atoms with E-state index in [-0.39, 0.29) is 17.2 Å². The fourth-order valence-electron chi connectivity index (χ4n) is 2.26. The van der Waals surface area contributed by atoms with Gasteiger partial charge in [0.25, 0.3) is 5.56 Å². The molecule has 0 aliphatic heterocycles. The molecule has 134 valence electrons. The molecule has 1 unspecified atom stereocenters. The highest BCUT2D eigenvalue weighted by Crippen LogP contribution is 2.28. The van der Waals surface area contributed by atoms with Gasteiger partial charge in [-0.15, -0.1) is 0 Å². The molecule has 2 aromatic rings. The lowest BCUT2D eigenvalue weighted by Gasteiger charge is -2.17. The van der Waals surface area contributed by atoms with Crippen LogP contribution >= 0.6 is 11.6 Å². The molecule has 0 fully saturated rings. The molecule has 2 rings (SSSR count). The Balaban J connectivity index is 2.23. The van der Waals surface area contributed by atoms with Crippen LogP contribution in [0.2, 0.25) is 5.02 Å². The minimum Gasteiger partial charge on any atom is -0.495 e. The predicted molar refractivity (Wildman–Crippen MR) is 97.8 cm³/mol. The Labute approximate surface area is 151 Å². The van der Waals surface area contributed by atoms with Crippen LogP contribution in [0, 0.1) is 0 Å². The number of carbonyl (C=O) groups is 1. The van der Waals surface area contributed by atoms with E-state index >= 15 is 0 Å². The van der Waals surface area contributed by atoms with Crippen LogP contribution in [0.1, 0.15) is 26.3 Å². The quantitative estimate of drug-likeness (QED) is 0.816. The van der Waals surface area contributed by atoms with Gasteiger partial charge >= 0.3 is 0 Å². The van der Waals surface area contributed by atoms with E-state index in [2.05, 4.69) is 5.32 Å². The van der Waals surface area contributed by atoms with Crippen LogP contribution in [-0.4, -0.2) is 24.2 Å². The number of anilines is 1. The average molecular weight is 365 g/mol. The third-order valence-electron chi connectivity index (χ3n) is 3.62. The van der Waals surface area contributed by atoms with Crippen molar-refractivity contribution in [3.63, 3.8) is 0 Å². The van der Waals surface area contributed by atoms with Gasteiger partial charge in [0, 0.05) is 11.2 Å².